The molecule has 1 unspecified atom stereocenters. The standard InChI is InChI=1S/C15H19FN4O3S/c1-9(19-24(21)15(2,3)4)12-5-10(16)6-13-14(12)23-11(8-22-13)7-18-20-17/h5-6,11H,7-8H2,1-4H3/b19-9+/t11-,24?/m1/s1. The van der Waals surface area contributed by atoms with E-state index in [1.807, 2.05) is 0 Å². The van der Waals surface area contributed by atoms with Crippen LogP contribution < -0.4 is 9.47 Å². The Bertz CT molecular complexity index is 739. The molecule has 2 rings (SSSR count). The lowest BCUT2D eigenvalue weighted by Gasteiger charge is -2.27. The number of fused-ring (bicyclic) bond motifs is 1. The summed E-state index contributed by atoms with van der Waals surface area (Å²) in [7, 11) is -1.49. The fourth-order valence-corrected chi connectivity index (χ4v) is 2.60. The van der Waals surface area contributed by atoms with Gasteiger partial charge in [-0.25, -0.2) is 8.60 Å². The van der Waals surface area contributed by atoms with Crippen molar-refractivity contribution in [3.63, 3.8) is 0 Å². The molecular formula is C15H19FN4O3S. The first-order chi connectivity index (χ1) is 11.2. The first-order valence-corrected chi connectivity index (χ1v) is 8.44. The Labute approximate surface area is 142 Å². The van der Waals surface area contributed by atoms with Crippen LogP contribution in [0, 0.1) is 5.82 Å². The van der Waals surface area contributed by atoms with Gasteiger partial charge in [-0.1, -0.05) is 5.11 Å². The maximum absolute atomic E-state index is 13.9. The largest absolute Gasteiger partial charge is 0.486 e. The number of ether oxygens (including phenoxy) is 2. The van der Waals surface area contributed by atoms with Gasteiger partial charge in [0, 0.05) is 16.5 Å². The molecular weight excluding hydrogens is 335 g/mol. The van der Waals surface area contributed by atoms with Gasteiger partial charge in [-0.15, -0.1) is 0 Å². The SMILES string of the molecule is C/C(=N\S(=O)C(C)(C)C)c1cc(F)cc2c1O[C@H](CN=[N+]=[N-])CO2. The van der Waals surface area contributed by atoms with Crippen LogP contribution >= 0.6 is 0 Å². The van der Waals surface area contributed by atoms with E-state index in [4.69, 9.17) is 15.0 Å². The predicted octanol–water partition coefficient (Wildman–Crippen LogP) is 3.55. The second-order valence-electron chi connectivity index (χ2n) is 6.28. The fraction of sp³-hybridized carbons (Fsp3) is 0.533. The van der Waals surface area contributed by atoms with Crippen molar-refractivity contribution in [2.45, 2.75) is 38.5 Å². The smallest absolute Gasteiger partial charge is 0.171 e. The topological polar surface area (TPSA) is 96.7 Å². The van der Waals surface area contributed by atoms with E-state index in [1.54, 1.807) is 27.7 Å². The lowest BCUT2D eigenvalue weighted by molar-refractivity contribution is 0.0961. The van der Waals surface area contributed by atoms with E-state index in [9.17, 15) is 8.60 Å². The minimum absolute atomic E-state index is 0.0941. The van der Waals surface area contributed by atoms with Gasteiger partial charge in [0.2, 0.25) is 0 Å². The summed E-state index contributed by atoms with van der Waals surface area (Å²) in [5, 5.41) is 3.46. The molecule has 130 valence electrons. The van der Waals surface area contributed by atoms with Crippen molar-refractivity contribution < 1.29 is 18.1 Å². The lowest BCUT2D eigenvalue weighted by Crippen LogP contribution is -2.32. The van der Waals surface area contributed by atoms with Crippen LogP contribution in [0.15, 0.2) is 21.6 Å². The second-order valence-corrected chi connectivity index (χ2v) is 8.19. The van der Waals surface area contributed by atoms with E-state index in [2.05, 4.69) is 14.4 Å². The van der Waals surface area contributed by atoms with Crippen LogP contribution in [0.3, 0.4) is 0 Å². The molecule has 7 nitrogen and oxygen atoms in total. The van der Waals surface area contributed by atoms with Gasteiger partial charge in [0.05, 0.1) is 17.0 Å². The van der Waals surface area contributed by atoms with E-state index >= 15 is 0 Å². The van der Waals surface area contributed by atoms with Crippen molar-refractivity contribution in [3.8, 4) is 11.5 Å². The summed E-state index contributed by atoms with van der Waals surface area (Å²) < 4.78 is 41.0. The predicted molar refractivity (Wildman–Crippen MR) is 90.4 cm³/mol. The third-order valence-corrected chi connectivity index (χ3v) is 4.70. The van der Waals surface area contributed by atoms with E-state index in [0.717, 1.165) is 0 Å². The number of hydrogen-bond acceptors (Lipinski definition) is 4. The molecule has 24 heavy (non-hydrogen) atoms. The molecule has 0 spiro atoms. The molecule has 1 aromatic carbocycles. The summed E-state index contributed by atoms with van der Waals surface area (Å²) >= 11 is 0. The van der Waals surface area contributed by atoms with E-state index in [-0.39, 0.29) is 18.9 Å². The van der Waals surface area contributed by atoms with Gasteiger partial charge in [-0.05, 0) is 39.3 Å². The van der Waals surface area contributed by atoms with Gasteiger partial charge in [0.15, 0.2) is 11.5 Å². The van der Waals surface area contributed by atoms with E-state index in [1.165, 1.54) is 12.1 Å². The molecule has 1 aliphatic heterocycles. The van der Waals surface area contributed by atoms with Crippen molar-refractivity contribution >= 4 is 16.7 Å². The average molecular weight is 354 g/mol. The average Bonchev–Trinajstić information content (AvgIpc) is 2.51. The maximum atomic E-state index is 13.9. The van der Waals surface area contributed by atoms with Gasteiger partial charge in [0.1, 0.15) is 29.5 Å². The van der Waals surface area contributed by atoms with Crippen LogP contribution in [0.2, 0.25) is 0 Å². The molecule has 0 bridgehead atoms. The highest BCUT2D eigenvalue weighted by atomic mass is 32.2. The number of benzene rings is 1. The van der Waals surface area contributed by atoms with E-state index < -0.39 is 27.7 Å². The minimum Gasteiger partial charge on any atom is -0.486 e. The highest BCUT2D eigenvalue weighted by Gasteiger charge is 2.26. The molecule has 1 aromatic rings. The molecule has 1 aliphatic rings. The van der Waals surface area contributed by atoms with Gasteiger partial charge < -0.3 is 9.47 Å². The van der Waals surface area contributed by atoms with Crippen molar-refractivity contribution in [1.82, 2.24) is 0 Å². The number of azide groups is 1. The highest BCUT2D eigenvalue weighted by Crippen LogP contribution is 2.37. The van der Waals surface area contributed by atoms with Crippen LogP contribution in [-0.2, 0) is 11.0 Å². The van der Waals surface area contributed by atoms with E-state index in [0.29, 0.717) is 17.0 Å². The molecule has 2 atom stereocenters. The number of rotatable bonds is 4. The molecule has 0 amide bonds. The first-order valence-electron chi connectivity index (χ1n) is 7.34. The Morgan fingerprint density at radius 3 is 2.83 bits per heavy atom. The minimum atomic E-state index is -1.49. The molecule has 1 heterocycles. The molecule has 0 N–H and O–H groups in total. The van der Waals surface area contributed by atoms with Gasteiger partial charge in [-0.2, -0.15) is 4.40 Å². The van der Waals surface area contributed by atoms with Crippen LogP contribution in [0.1, 0.15) is 33.3 Å². The monoisotopic (exact) mass is 354 g/mol. The maximum Gasteiger partial charge on any atom is 0.171 e. The van der Waals surface area contributed by atoms with Crippen LogP contribution in [0.25, 0.3) is 10.4 Å². The number of hydrogen-bond donors (Lipinski definition) is 0. The zero-order chi connectivity index (χ0) is 17.9. The van der Waals surface area contributed by atoms with Gasteiger partial charge in [-0.3, -0.25) is 0 Å². The summed E-state index contributed by atoms with van der Waals surface area (Å²) in [5.74, 6) is 0.0585. The van der Waals surface area contributed by atoms with Crippen LogP contribution in [0.4, 0.5) is 4.39 Å². The van der Waals surface area contributed by atoms with Crippen molar-refractivity contribution in [2.75, 3.05) is 13.2 Å². The Balaban J connectivity index is 2.41. The molecule has 0 fully saturated rings. The van der Waals surface area contributed by atoms with Crippen molar-refractivity contribution in [3.05, 3.63) is 34.0 Å². The Morgan fingerprint density at radius 2 is 2.21 bits per heavy atom. The third kappa shape index (κ3) is 4.24. The summed E-state index contributed by atoms with van der Waals surface area (Å²) in [6.07, 6.45) is -0.474. The van der Waals surface area contributed by atoms with Gasteiger partial charge in [0.25, 0.3) is 0 Å². The molecule has 9 heteroatoms. The lowest BCUT2D eigenvalue weighted by atomic mass is 10.1. The fourth-order valence-electron chi connectivity index (χ4n) is 1.98. The molecule has 0 saturated carbocycles. The third-order valence-electron chi connectivity index (χ3n) is 3.21. The Hall–Kier alpha value is -2.12. The first kappa shape index (κ1) is 18.2. The molecule has 0 radical (unpaired) electrons. The summed E-state index contributed by atoms with van der Waals surface area (Å²) in [6, 6.07) is 2.48. The van der Waals surface area contributed by atoms with Gasteiger partial charge >= 0.3 is 0 Å². The summed E-state index contributed by atoms with van der Waals surface area (Å²) in [6.45, 7) is 7.29. The Kier molecular flexibility index (Phi) is 5.46. The van der Waals surface area contributed by atoms with Crippen LogP contribution in [-0.4, -0.2) is 33.9 Å². The zero-order valence-electron chi connectivity index (χ0n) is 13.9. The quantitative estimate of drug-likeness (QED) is 0.358. The summed E-state index contributed by atoms with van der Waals surface area (Å²) in [5.41, 5.74) is 9.16. The van der Waals surface area contributed by atoms with Crippen LogP contribution in [0.5, 0.6) is 11.5 Å². The number of nitrogens with zero attached hydrogens (tertiary/aromatic N) is 4. The highest BCUT2D eigenvalue weighted by molar-refractivity contribution is 7.85. The number of halogens is 1. The molecule has 0 saturated heterocycles. The normalized spacial score (nSPS) is 18.7. The molecule has 0 aromatic heterocycles. The summed E-state index contributed by atoms with van der Waals surface area (Å²) in [4.78, 5) is 2.69. The Morgan fingerprint density at radius 1 is 1.50 bits per heavy atom. The van der Waals surface area contributed by atoms with Crippen molar-refractivity contribution in [2.24, 2.45) is 9.51 Å². The molecule has 0 aliphatic carbocycles. The second kappa shape index (κ2) is 7.19. The van der Waals surface area contributed by atoms with Crippen molar-refractivity contribution in [1.29, 1.82) is 0 Å². The zero-order valence-corrected chi connectivity index (χ0v) is 14.8.